The Labute approximate surface area is 88.7 Å². The number of hydrogen-bond acceptors (Lipinski definition) is 2. The highest BCUT2D eigenvalue weighted by Crippen LogP contribution is 2.16. The third-order valence-corrected chi connectivity index (χ3v) is 2.42. The Bertz CT molecular complexity index is 479. The molecule has 0 saturated carbocycles. The van der Waals surface area contributed by atoms with Crippen molar-refractivity contribution in [3.05, 3.63) is 48.0 Å². The first-order chi connectivity index (χ1) is 7.29. The molecule has 0 aromatic heterocycles. The van der Waals surface area contributed by atoms with Crippen LogP contribution < -0.4 is 5.73 Å². The third-order valence-electron chi connectivity index (χ3n) is 2.42. The van der Waals surface area contributed by atoms with E-state index < -0.39 is 6.04 Å². The Hall–Kier alpha value is -1.67. The van der Waals surface area contributed by atoms with Crippen LogP contribution in [0.25, 0.3) is 10.8 Å². The van der Waals surface area contributed by atoms with Crippen LogP contribution in [0.5, 0.6) is 0 Å². The summed E-state index contributed by atoms with van der Waals surface area (Å²) in [6.45, 7) is 0. The second-order valence-electron chi connectivity index (χ2n) is 3.61. The maximum atomic E-state index is 10.3. The molecule has 0 heterocycles. The average Bonchev–Trinajstić information content (AvgIpc) is 2.29. The van der Waals surface area contributed by atoms with E-state index in [1.807, 2.05) is 24.3 Å². The first kappa shape index (κ1) is 9.87. The summed E-state index contributed by atoms with van der Waals surface area (Å²) in [5.41, 5.74) is 6.60. The van der Waals surface area contributed by atoms with Gasteiger partial charge in [-0.05, 0) is 22.8 Å². The summed E-state index contributed by atoms with van der Waals surface area (Å²) in [6, 6.07) is 13.7. The fourth-order valence-corrected chi connectivity index (χ4v) is 1.66. The highest BCUT2D eigenvalue weighted by molar-refractivity contribution is 5.83. The van der Waals surface area contributed by atoms with E-state index in [1.54, 1.807) is 6.29 Å². The monoisotopic (exact) mass is 198 g/mol. The van der Waals surface area contributed by atoms with Crippen LogP contribution in [0.1, 0.15) is 5.56 Å². The minimum atomic E-state index is -0.522. The van der Waals surface area contributed by atoms with Crippen LogP contribution in [0.3, 0.4) is 0 Å². The fraction of sp³-hybridized carbons (Fsp3) is 0.154. The molecule has 2 rings (SSSR count). The Morgan fingerprint density at radius 1 is 1.13 bits per heavy atom. The van der Waals surface area contributed by atoms with Crippen molar-refractivity contribution in [3.8, 4) is 0 Å². The van der Waals surface area contributed by atoms with Gasteiger partial charge < -0.3 is 5.73 Å². The van der Waals surface area contributed by atoms with Gasteiger partial charge in [-0.1, -0.05) is 42.5 Å². The zero-order chi connectivity index (χ0) is 10.7. The summed E-state index contributed by atoms with van der Waals surface area (Å²) >= 11 is 0. The summed E-state index contributed by atoms with van der Waals surface area (Å²) in [5.74, 6) is 0. The second kappa shape index (κ2) is 4.24. The highest BCUT2D eigenvalue weighted by atomic mass is 16.1. The summed E-state index contributed by atoms with van der Waals surface area (Å²) in [7, 11) is 0. The molecule has 0 aliphatic rings. The molecule has 75 valence electrons. The molecule has 2 aromatic carbocycles. The van der Waals surface area contributed by atoms with Crippen molar-refractivity contribution in [3.63, 3.8) is 0 Å². The lowest BCUT2D eigenvalue weighted by molar-refractivity contribution is 0.541. The summed E-state index contributed by atoms with van der Waals surface area (Å²) in [4.78, 5) is 10.3. The molecule has 1 atom stereocenters. The molecule has 1 radical (unpaired) electrons. The minimum Gasteiger partial charge on any atom is -0.321 e. The Kier molecular flexibility index (Phi) is 2.79. The third kappa shape index (κ3) is 2.22. The van der Waals surface area contributed by atoms with E-state index in [4.69, 9.17) is 5.73 Å². The Morgan fingerprint density at radius 3 is 2.60 bits per heavy atom. The van der Waals surface area contributed by atoms with Crippen molar-refractivity contribution in [1.82, 2.24) is 0 Å². The number of rotatable bonds is 3. The van der Waals surface area contributed by atoms with E-state index in [0.29, 0.717) is 6.42 Å². The number of hydrogen-bond donors (Lipinski definition) is 1. The van der Waals surface area contributed by atoms with Crippen molar-refractivity contribution in [1.29, 1.82) is 0 Å². The van der Waals surface area contributed by atoms with Crippen LogP contribution in [0.4, 0.5) is 0 Å². The van der Waals surface area contributed by atoms with Crippen LogP contribution in [0.2, 0.25) is 0 Å². The Balaban J connectivity index is 2.34. The minimum absolute atomic E-state index is 0.522. The maximum Gasteiger partial charge on any atom is 0.217 e. The molecule has 0 aliphatic carbocycles. The van der Waals surface area contributed by atoms with Gasteiger partial charge in [0.2, 0.25) is 6.29 Å². The van der Waals surface area contributed by atoms with Gasteiger partial charge in [0.15, 0.2) is 0 Å². The van der Waals surface area contributed by atoms with E-state index in [2.05, 4.69) is 18.2 Å². The van der Waals surface area contributed by atoms with Crippen molar-refractivity contribution < 1.29 is 4.79 Å². The lowest BCUT2D eigenvalue weighted by atomic mass is 10.0. The van der Waals surface area contributed by atoms with Crippen LogP contribution in [0.15, 0.2) is 42.5 Å². The van der Waals surface area contributed by atoms with Crippen molar-refractivity contribution in [2.75, 3.05) is 0 Å². The van der Waals surface area contributed by atoms with E-state index in [0.717, 1.165) is 5.56 Å². The smallest absolute Gasteiger partial charge is 0.217 e. The molecular weight excluding hydrogens is 186 g/mol. The second-order valence-corrected chi connectivity index (χ2v) is 3.61. The van der Waals surface area contributed by atoms with Crippen LogP contribution in [-0.4, -0.2) is 12.3 Å². The SMILES string of the molecule is N[C@@H]([C]=O)Cc1ccc2ccccc2c1. The van der Waals surface area contributed by atoms with Crippen LogP contribution >= 0.6 is 0 Å². The van der Waals surface area contributed by atoms with Crippen molar-refractivity contribution in [2.45, 2.75) is 12.5 Å². The molecular formula is C13H12NO. The van der Waals surface area contributed by atoms with Gasteiger partial charge in [-0.15, -0.1) is 0 Å². The average molecular weight is 198 g/mol. The molecule has 2 nitrogen and oxygen atoms in total. The van der Waals surface area contributed by atoms with Crippen molar-refractivity contribution in [2.24, 2.45) is 5.73 Å². The van der Waals surface area contributed by atoms with E-state index in [-0.39, 0.29) is 0 Å². The lowest BCUT2D eigenvalue weighted by Crippen LogP contribution is -2.23. The maximum absolute atomic E-state index is 10.3. The molecule has 2 N–H and O–H groups in total. The van der Waals surface area contributed by atoms with Crippen LogP contribution in [-0.2, 0) is 11.2 Å². The number of nitrogens with two attached hydrogens (primary N) is 1. The van der Waals surface area contributed by atoms with Gasteiger partial charge in [0.25, 0.3) is 0 Å². The predicted molar refractivity (Wildman–Crippen MR) is 61.3 cm³/mol. The van der Waals surface area contributed by atoms with E-state index >= 15 is 0 Å². The zero-order valence-corrected chi connectivity index (χ0v) is 8.31. The number of fused-ring (bicyclic) bond motifs is 1. The normalized spacial score (nSPS) is 12.6. The summed E-state index contributed by atoms with van der Waals surface area (Å²) < 4.78 is 0. The van der Waals surface area contributed by atoms with Gasteiger partial charge in [0.1, 0.15) is 0 Å². The van der Waals surface area contributed by atoms with Gasteiger partial charge in [0, 0.05) is 0 Å². The predicted octanol–water partition coefficient (Wildman–Crippen LogP) is 1.82. The van der Waals surface area contributed by atoms with Gasteiger partial charge in [-0.2, -0.15) is 0 Å². The molecule has 0 unspecified atom stereocenters. The van der Waals surface area contributed by atoms with Crippen molar-refractivity contribution >= 4 is 17.1 Å². The standard InChI is InChI=1S/C13H12NO/c14-13(9-15)8-10-5-6-11-3-1-2-4-12(11)7-10/h1-7,13H,8,14H2/t13-/m1/s1. The largest absolute Gasteiger partial charge is 0.321 e. The topological polar surface area (TPSA) is 43.1 Å². The number of carbonyl (C=O) groups excluding carboxylic acids is 1. The van der Waals surface area contributed by atoms with Crippen LogP contribution in [0, 0.1) is 0 Å². The molecule has 0 aliphatic heterocycles. The first-order valence-electron chi connectivity index (χ1n) is 4.90. The van der Waals surface area contributed by atoms with Gasteiger partial charge in [-0.25, -0.2) is 0 Å². The van der Waals surface area contributed by atoms with E-state index in [9.17, 15) is 4.79 Å². The molecule has 0 bridgehead atoms. The van der Waals surface area contributed by atoms with Gasteiger partial charge in [-0.3, -0.25) is 4.79 Å². The van der Waals surface area contributed by atoms with Gasteiger partial charge >= 0.3 is 0 Å². The quantitative estimate of drug-likeness (QED) is 0.817. The molecule has 0 saturated heterocycles. The molecule has 0 fully saturated rings. The number of benzene rings is 2. The molecule has 0 spiro atoms. The molecule has 2 aromatic rings. The van der Waals surface area contributed by atoms with E-state index in [1.165, 1.54) is 10.8 Å². The fourth-order valence-electron chi connectivity index (χ4n) is 1.66. The first-order valence-corrected chi connectivity index (χ1v) is 4.90. The zero-order valence-electron chi connectivity index (χ0n) is 8.31. The Morgan fingerprint density at radius 2 is 1.87 bits per heavy atom. The highest BCUT2D eigenvalue weighted by Gasteiger charge is 2.03. The summed E-state index contributed by atoms with van der Waals surface area (Å²) in [5, 5.41) is 2.37. The molecule has 0 amide bonds. The molecule has 2 heteroatoms. The lowest BCUT2D eigenvalue weighted by Gasteiger charge is -2.05. The molecule has 15 heavy (non-hydrogen) atoms. The summed E-state index contributed by atoms with van der Waals surface area (Å²) in [6.07, 6.45) is 2.34. The van der Waals surface area contributed by atoms with Gasteiger partial charge in [0.05, 0.1) is 6.04 Å².